The van der Waals surface area contributed by atoms with E-state index in [4.69, 9.17) is 4.74 Å². The maximum absolute atomic E-state index is 12.0. The number of carbonyl (C=O) groups excluding carboxylic acids is 3. The molecule has 27 heavy (non-hydrogen) atoms. The Labute approximate surface area is 158 Å². The molecule has 0 bridgehead atoms. The molecule has 0 fully saturated rings. The van der Waals surface area contributed by atoms with E-state index in [0.717, 1.165) is 11.1 Å². The van der Waals surface area contributed by atoms with Gasteiger partial charge in [-0.25, -0.2) is 4.79 Å². The molecule has 0 aliphatic carbocycles. The first kappa shape index (κ1) is 20.2. The number of ketones is 1. The fraction of sp³-hybridized carbons (Fsp3) is 0.286. The highest BCUT2D eigenvalue weighted by molar-refractivity contribution is 5.97. The number of Topliss-reactive ketones (excluding diaryl/α,β-unsaturated/α-hetero) is 1. The van der Waals surface area contributed by atoms with E-state index in [1.807, 2.05) is 49.4 Å². The van der Waals surface area contributed by atoms with Crippen LogP contribution in [0.25, 0.3) is 0 Å². The number of amides is 2. The average molecular weight is 368 g/mol. The zero-order chi connectivity index (χ0) is 19.5. The second kappa shape index (κ2) is 10.8. The normalized spacial score (nSPS) is 10.1. The van der Waals surface area contributed by atoms with Gasteiger partial charge in [-0.3, -0.25) is 9.59 Å². The number of alkyl carbamates (subject to hydrolysis) is 1. The predicted octanol–water partition coefficient (Wildman–Crippen LogP) is 3.00. The summed E-state index contributed by atoms with van der Waals surface area (Å²) in [7, 11) is 0. The molecule has 0 aliphatic rings. The van der Waals surface area contributed by atoms with Gasteiger partial charge in [0.1, 0.15) is 6.61 Å². The quantitative estimate of drug-likeness (QED) is 0.526. The van der Waals surface area contributed by atoms with E-state index in [9.17, 15) is 14.4 Å². The minimum Gasteiger partial charge on any atom is -0.445 e. The fourth-order valence-corrected chi connectivity index (χ4v) is 2.34. The summed E-state index contributed by atoms with van der Waals surface area (Å²) in [4.78, 5) is 35.4. The van der Waals surface area contributed by atoms with Gasteiger partial charge in [-0.1, -0.05) is 60.2 Å². The van der Waals surface area contributed by atoms with Gasteiger partial charge in [0, 0.05) is 31.5 Å². The molecular formula is C21H24N2O4. The fourth-order valence-electron chi connectivity index (χ4n) is 2.34. The van der Waals surface area contributed by atoms with Gasteiger partial charge in [0.05, 0.1) is 0 Å². The lowest BCUT2D eigenvalue weighted by atomic mass is 10.1. The molecule has 0 saturated heterocycles. The van der Waals surface area contributed by atoms with Crippen LogP contribution in [0.3, 0.4) is 0 Å². The molecule has 0 aliphatic heterocycles. The van der Waals surface area contributed by atoms with Gasteiger partial charge in [0.2, 0.25) is 5.91 Å². The first-order chi connectivity index (χ1) is 13.0. The third kappa shape index (κ3) is 7.73. The maximum atomic E-state index is 12.0. The summed E-state index contributed by atoms with van der Waals surface area (Å²) in [6.45, 7) is 2.68. The molecule has 2 amide bonds. The van der Waals surface area contributed by atoms with Crippen molar-refractivity contribution in [3.8, 4) is 0 Å². The lowest BCUT2D eigenvalue weighted by Crippen LogP contribution is -2.35. The Kier molecular flexibility index (Phi) is 8.03. The number of rotatable bonds is 9. The third-order valence-corrected chi connectivity index (χ3v) is 3.88. The number of ether oxygens (including phenoxy) is 1. The zero-order valence-corrected chi connectivity index (χ0v) is 15.4. The van der Waals surface area contributed by atoms with Crippen LogP contribution in [0.1, 0.15) is 34.3 Å². The Morgan fingerprint density at radius 1 is 0.852 bits per heavy atom. The van der Waals surface area contributed by atoms with E-state index in [2.05, 4.69) is 10.6 Å². The summed E-state index contributed by atoms with van der Waals surface area (Å²) < 4.78 is 5.06. The molecule has 2 N–H and O–H groups in total. The largest absolute Gasteiger partial charge is 0.445 e. The molecule has 6 heteroatoms. The van der Waals surface area contributed by atoms with Gasteiger partial charge in [-0.15, -0.1) is 0 Å². The molecule has 0 heterocycles. The van der Waals surface area contributed by atoms with Crippen molar-refractivity contribution in [1.29, 1.82) is 0 Å². The molecule has 0 saturated carbocycles. The molecule has 0 atom stereocenters. The van der Waals surface area contributed by atoms with Crippen molar-refractivity contribution in [1.82, 2.24) is 10.6 Å². The molecule has 0 spiro atoms. The average Bonchev–Trinajstić information content (AvgIpc) is 2.69. The van der Waals surface area contributed by atoms with Crippen molar-refractivity contribution in [2.45, 2.75) is 26.4 Å². The lowest BCUT2D eigenvalue weighted by Gasteiger charge is -2.08. The smallest absolute Gasteiger partial charge is 0.407 e. The third-order valence-electron chi connectivity index (χ3n) is 3.88. The monoisotopic (exact) mass is 368 g/mol. The molecule has 6 nitrogen and oxygen atoms in total. The van der Waals surface area contributed by atoms with Gasteiger partial charge in [0.15, 0.2) is 5.78 Å². The summed E-state index contributed by atoms with van der Waals surface area (Å²) >= 11 is 0. The Balaban J connectivity index is 1.55. The van der Waals surface area contributed by atoms with Crippen molar-refractivity contribution in [2.24, 2.45) is 0 Å². The first-order valence-corrected chi connectivity index (χ1v) is 8.85. The highest BCUT2D eigenvalue weighted by Crippen LogP contribution is 2.07. The molecule has 2 aromatic carbocycles. The van der Waals surface area contributed by atoms with E-state index >= 15 is 0 Å². The van der Waals surface area contributed by atoms with Crippen LogP contribution >= 0.6 is 0 Å². The van der Waals surface area contributed by atoms with Crippen molar-refractivity contribution in [3.63, 3.8) is 0 Å². The van der Waals surface area contributed by atoms with Crippen molar-refractivity contribution >= 4 is 17.8 Å². The molecule has 2 rings (SSSR count). The van der Waals surface area contributed by atoms with Crippen LogP contribution in [0.2, 0.25) is 0 Å². The van der Waals surface area contributed by atoms with Gasteiger partial charge in [-0.2, -0.15) is 0 Å². The Bertz CT molecular complexity index is 758. The number of hydrogen-bond acceptors (Lipinski definition) is 4. The Hall–Kier alpha value is -3.15. The molecule has 0 aromatic heterocycles. The van der Waals surface area contributed by atoms with Crippen molar-refractivity contribution < 1.29 is 19.1 Å². The zero-order valence-electron chi connectivity index (χ0n) is 15.4. The van der Waals surface area contributed by atoms with Crippen LogP contribution < -0.4 is 10.6 Å². The van der Waals surface area contributed by atoms with Crippen LogP contribution in [-0.2, 0) is 16.1 Å². The maximum Gasteiger partial charge on any atom is 0.407 e. The van der Waals surface area contributed by atoms with Crippen molar-refractivity contribution in [2.75, 3.05) is 13.1 Å². The second-order valence-corrected chi connectivity index (χ2v) is 6.13. The molecular weight excluding hydrogens is 344 g/mol. The number of hydrogen-bond donors (Lipinski definition) is 2. The summed E-state index contributed by atoms with van der Waals surface area (Å²) in [5.74, 6) is -0.289. The highest BCUT2D eigenvalue weighted by Gasteiger charge is 2.09. The van der Waals surface area contributed by atoms with E-state index in [-0.39, 0.29) is 44.2 Å². The Morgan fingerprint density at radius 2 is 1.52 bits per heavy atom. The first-order valence-electron chi connectivity index (χ1n) is 8.85. The summed E-state index contributed by atoms with van der Waals surface area (Å²) in [6, 6.07) is 16.6. The number of carbonyl (C=O) groups is 3. The van der Waals surface area contributed by atoms with Gasteiger partial charge in [-0.05, 0) is 12.5 Å². The van der Waals surface area contributed by atoms with Crippen LogP contribution in [0.5, 0.6) is 0 Å². The lowest BCUT2D eigenvalue weighted by molar-refractivity contribution is -0.121. The summed E-state index contributed by atoms with van der Waals surface area (Å²) in [6.07, 6.45) is -0.269. The van der Waals surface area contributed by atoms with Crippen LogP contribution in [0.15, 0.2) is 54.6 Å². The van der Waals surface area contributed by atoms with E-state index in [1.165, 1.54) is 0 Å². The number of aryl methyl sites for hydroxylation is 1. The van der Waals surface area contributed by atoms with Gasteiger partial charge >= 0.3 is 6.09 Å². The van der Waals surface area contributed by atoms with Crippen LogP contribution in [-0.4, -0.2) is 30.9 Å². The standard InChI is InChI=1S/C21H24N2O4/c1-16-7-9-18(10-8-16)19(24)11-12-20(25)22-13-14-23-21(26)27-15-17-5-3-2-4-6-17/h2-10H,11-15H2,1H3,(H,22,25)(H,23,26). The second-order valence-electron chi connectivity index (χ2n) is 6.13. The van der Waals surface area contributed by atoms with E-state index in [1.54, 1.807) is 12.1 Å². The van der Waals surface area contributed by atoms with E-state index in [0.29, 0.717) is 5.56 Å². The topological polar surface area (TPSA) is 84.5 Å². The van der Waals surface area contributed by atoms with Gasteiger partial charge < -0.3 is 15.4 Å². The summed E-state index contributed by atoms with van der Waals surface area (Å²) in [5.41, 5.74) is 2.59. The molecule has 0 radical (unpaired) electrons. The van der Waals surface area contributed by atoms with Crippen LogP contribution in [0.4, 0.5) is 4.79 Å². The van der Waals surface area contributed by atoms with Crippen LogP contribution in [0, 0.1) is 6.92 Å². The molecule has 2 aromatic rings. The predicted molar refractivity (Wildman–Crippen MR) is 102 cm³/mol. The number of benzene rings is 2. The molecule has 142 valence electrons. The molecule has 0 unspecified atom stereocenters. The highest BCUT2D eigenvalue weighted by atomic mass is 16.5. The van der Waals surface area contributed by atoms with Gasteiger partial charge in [0.25, 0.3) is 0 Å². The summed E-state index contributed by atoms with van der Waals surface area (Å²) in [5, 5.41) is 5.23. The minimum atomic E-state index is -0.539. The Morgan fingerprint density at radius 3 is 2.22 bits per heavy atom. The van der Waals surface area contributed by atoms with Crippen molar-refractivity contribution in [3.05, 3.63) is 71.3 Å². The van der Waals surface area contributed by atoms with E-state index < -0.39 is 6.09 Å². The minimum absolute atomic E-state index is 0.0623. The SMILES string of the molecule is Cc1ccc(C(=O)CCC(=O)NCCNC(=O)OCc2ccccc2)cc1. The number of nitrogens with one attached hydrogen (secondary N) is 2.